The minimum Gasteiger partial charge on any atom is -0.384 e. The van der Waals surface area contributed by atoms with Crippen LogP contribution in [-0.4, -0.2) is 132 Å². The maximum absolute atomic E-state index is 13.4. The molecule has 28 nitrogen and oxygen atoms in total. The highest BCUT2D eigenvalue weighted by Gasteiger charge is 2.26. The molecule has 5 N–H and O–H groups in total. The zero-order chi connectivity index (χ0) is 74.6. The van der Waals surface area contributed by atoms with Crippen LogP contribution < -0.4 is 21.7 Å². The number of pyridine rings is 8. The lowest BCUT2D eigenvalue weighted by atomic mass is 10.0. The third-order valence-corrected chi connectivity index (χ3v) is 22.5. The van der Waals surface area contributed by atoms with Crippen LogP contribution in [0.25, 0.3) is 88.1 Å². The van der Waals surface area contributed by atoms with E-state index in [9.17, 15) is 48.1 Å². The van der Waals surface area contributed by atoms with Crippen LogP contribution >= 0.6 is 0 Å². The smallest absolute Gasteiger partial charge is 0.307 e. The third-order valence-electron chi connectivity index (χ3n) is 16.1. The molecule has 2 aromatic carbocycles. The summed E-state index contributed by atoms with van der Waals surface area (Å²) in [5, 5.41) is 11.0. The predicted octanol–water partition coefficient (Wildman–Crippen LogP) is 10.7. The quantitative estimate of drug-likeness (QED) is 0.0785. The second kappa shape index (κ2) is 29.8. The van der Waals surface area contributed by atoms with Gasteiger partial charge in [-0.1, -0.05) is 36.4 Å². The Bertz CT molecular complexity index is 6160. The molecule has 0 spiro atoms. The monoisotopic (exact) mass is 1470 g/mol. The average Bonchev–Trinajstić information content (AvgIpc) is 1.59. The molecule has 104 heavy (non-hydrogen) atoms. The summed E-state index contributed by atoms with van der Waals surface area (Å²) in [6.45, 7) is 9.54. The molecule has 12 aromatic heterocycles. The molecule has 0 fully saturated rings. The van der Waals surface area contributed by atoms with E-state index >= 15 is 0 Å². The highest BCUT2D eigenvalue weighted by molar-refractivity contribution is 7.90. The van der Waals surface area contributed by atoms with Crippen molar-refractivity contribution in [3.63, 3.8) is 0 Å². The maximum Gasteiger partial charge on any atom is 0.307 e. The Morgan fingerprint density at radius 1 is 0.442 bits per heavy atom. The molecule has 0 saturated heterocycles. The Morgan fingerprint density at radius 3 is 1.37 bits per heavy atom. The molecule has 0 atom stereocenters. The maximum atomic E-state index is 13.4. The second-order valence-electron chi connectivity index (χ2n) is 23.7. The van der Waals surface area contributed by atoms with Crippen molar-refractivity contribution < 1.29 is 48.1 Å². The highest BCUT2D eigenvalue weighted by atomic mass is 32.2. The Hall–Kier alpha value is -12.2. The normalized spacial score (nSPS) is 11.7. The Kier molecular flexibility index (Phi) is 20.9. The van der Waals surface area contributed by atoms with E-state index in [0.29, 0.717) is 62.3 Å². The van der Waals surface area contributed by atoms with Gasteiger partial charge in [0, 0.05) is 153 Å². The van der Waals surface area contributed by atoms with Crippen molar-refractivity contribution >= 4 is 125 Å². The molecule has 0 unspecified atom stereocenters. The van der Waals surface area contributed by atoms with E-state index in [2.05, 4.69) is 55.8 Å². The van der Waals surface area contributed by atoms with Gasteiger partial charge in [-0.15, -0.1) is 0 Å². The summed E-state index contributed by atoms with van der Waals surface area (Å²) in [7, 11) is -11.6. The number of aromatic nitrogens is 12. The number of nitrogens with one attached hydrogen (secondary N) is 3. The van der Waals surface area contributed by atoms with Gasteiger partial charge >= 0.3 is 10.2 Å². The number of nitrogen functional groups attached to an aromatic ring is 1. The number of hydrogen-bond acceptors (Lipinski definition) is 20. The van der Waals surface area contributed by atoms with E-state index in [1.165, 1.54) is 75.5 Å². The number of rotatable bonds is 14. The standard InChI is InChI=1S/C22H20N4O3S.C21H18N4O3S.C16H17N5O3S.C13H12N4O2S/c1-14-6-4-5-7-20(14)30(28,29)26-11-9-18-19(13-24-15(2)22(18)26)17-8-10-23-21(12-17)25-16(3)27;1-14-10-18-19(16-8-9-23-21(11-16)24-15(2)26)12-22-13-20(18)25(14)29(27,28)17-6-4-3-5-7-17;1-11(22)19-16-8-12(4-6-18-16)14-9-17-10-15-13(14)5-7-21(15)25(23,24)20(2)3;1-20(18,19)17-5-3-10-11(7-15-8-12(10)17)9-2-4-16-13(14)6-9/h4-13H,1-3H3,(H,23,25,27);3-13H,1-2H3,(H,23,24,26);4-10H,1-3H3,(H,18,19,22);2-8H,1H3,(H2,14,16). The molecule has 12 heterocycles. The number of aryl methyl sites for hydroxylation is 3. The van der Waals surface area contributed by atoms with Gasteiger partial charge in [0.15, 0.2) is 0 Å². The number of hydrogen-bond donors (Lipinski definition) is 4. The fraction of sp³-hybridized carbons (Fsp3) is 0.125. The molecule has 0 aliphatic carbocycles. The van der Waals surface area contributed by atoms with Crippen molar-refractivity contribution in [3.05, 3.63) is 231 Å². The van der Waals surface area contributed by atoms with Gasteiger partial charge < -0.3 is 21.7 Å². The SMILES string of the molecule is CC(=O)Nc1cc(-c2cnc(C)c3c2ccn3S(=O)(=O)c2ccccc2C)ccn1.CC(=O)Nc1cc(-c2cncc3c2cc(C)n3S(=O)(=O)c2ccccc2)ccn1.CC(=O)Nc1cc(-c2cncc3c2ccn3S(=O)(=O)N(C)C)ccn1.CS(=O)(=O)n1ccc2c(-c3ccnc(N)c3)cncc21. The van der Waals surface area contributed by atoms with E-state index in [1.54, 1.807) is 192 Å². The molecule has 3 amide bonds. The molecule has 0 radical (unpaired) electrons. The average molecular weight is 1470 g/mol. The summed E-state index contributed by atoms with van der Waals surface area (Å²) in [4.78, 5) is 67.7. The summed E-state index contributed by atoms with van der Waals surface area (Å²) in [6.07, 6.45) is 23.4. The summed E-state index contributed by atoms with van der Waals surface area (Å²) >= 11 is 0. The summed E-state index contributed by atoms with van der Waals surface area (Å²) < 4.78 is 108. The van der Waals surface area contributed by atoms with Gasteiger partial charge in [0.2, 0.25) is 27.7 Å². The van der Waals surface area contributed by atoms with Gasteiger partial charge in [-0.2, -0.15) is 12.7 Å². The zero-order valence-corrected chi connectivity index (χ0v) is 60.5. The highest BCUT2D eigenvalue weighted by Crippen LogP contribution is 2.37. The molecule has 0 aliphatic heterocycles. The summed E-state index contributed by atoms with van der Waals surface area (Å²) in [5.74, 6) is 0.999. The second-order valence-corrected chi connectivity index (χ2v) is 31.2. The van der Waals surface area contributed by atoms with Crippen LogP contribution in [-0.2, 0) is 54.7 Å². The van der Waals surface area contributed by atoms with Crippen molar-refractivity contribution in [2.24, 2.45) is 0 Å². The van der Waals surface area contributed by atoms with Crippen LogP contribution in [0.5, 0.6) is 0 Å². The van der Waals surface area contributed by atoms with Crippen LogP contribution in [0.2, 0.25) is 0 Å². The first-order valence-electron chi connectivity index (χ1n) is 31.5. The van der Waals surface area contributed by atoms with Crippen LogP contribution in [0.3, 0.4) is 0 Å². The van der Waals surface area contributed by atoms with Gasteiger partial charge in [-0.3, -0.25) is 34.3 Å². The lowest BCUT2D eigenvalue weighted by molar-refractivity contribution is -0.115. The number of nitrogens with zero attached hydrogens (tertiary/aromatic N) is 13. The molecule has 32 heteroatoms. The van der Waals surface area contributed by atoms with E-state index in [4.69, 9.17) is 5.73 Å². The minimum atomic E-state index is -3.79. The van der Waals surface area contributed by atoms with Crippen molar-refractivity contribution in [2.45, 2.75) is 51.3 Å². The molecule has 0 aliphatic rings. The van der Waals surface area contributed by atoms with Crippen molar-refractivity contribution in [2.75, 3.05) is 42.0 Å². The first-order chi connectivity index (χ1) is 49.4. The van der Waals surface area contributed by atoms with E-state index < -0.39 is 40.3 Å². The van der Waals surface area contributed by atoms with Crippen molar-refractivity contribution in [1.29, 1.82) is 0 Å². The number of anilines is 4. The Labute approximate surface area is 598 Å². The van der Waals surface area contributed by atoms with Gasteiger partial charge in [0.1, 0.15) is 23.3 Å². The summed E-state index contributed by atoms with van der Waals surface area (Å²) in [5.41, 5.74) is 15.8. The number of benzene rings is 2. The summed E-state index contributed by atoms with van der Waals surface area (Å²) in [6, 6.07) is 36.4. The topological polar surface area (TPSA) is 376 Å². The largest absolute Gasteiger partial charge is 0.384 e. The number of amides is 3. The van der Waals surface area contributed by atoms with E-state index in [1.807, 2.05) is 18.2 Å². The van der Waals surface area contributed by atoms with Gasteiger partial charge in [0.05, 0.1) is 62.4 Å². The lowest BCUT2D eigenvalue weighted by Gasteiger charge is -2.13. The number of carbonyl (C=O) groups excluding carboxylic acids is 3. The number of carbonyl (C=O) groups is 3. The number of nitrogens with two attached hydrogens (primary N) is 1. The van der Waals surface area contributed by atoms with Crippen LogP contribution in [0.15, 0.2) is 224 Å². The molecular weight excluding hydrogens is 1410 g/mol. The molecule has 0 saturated carbocycles. The number of fused-ring (bicyclic) bond motifs is 4. The molecular formula is C72H67N17O11S4. The Morgan fingerprint density at radius 2 is 0.875 bits per heavy atom. The van der Waals surface area contributed by atoms with Gasteiger partial charge in [-0.25, -0.2) is 61.1 Å². The zero-order valence-electron chi connectivity index (χ0n) is 57.2. The minimum absolute atomic E-state index is 0.211. The lowest BCUT2D eigenvalue weighted by Crippen LogP contribution is -2.28. The molecule has 14 aromatic rings. The van der Waals surface area contributed by atoms with Gasteiger partial charge in [-0.05, 0) is 140 Å². The Balaban J connectivity index is 0.000000140. The third kappa shape index (κ3) is 15.3. The molecule has 530 valence electrons. The predicted molar refractivity (Wildman–Crippen MR) is 400 cm³/mol. The fourth-order valence-corrected chi connectivity index (χ4v) is 16.4. The van der Waals surface area contributed by atoms with E-state index in [0.717, 1.165) is 76.6 Å². The van der Waals surface area contributed by atoms with Crippen LogP contribution in [0, 0.1) is 20.8 Å². The first-order valence-corrected chi connectivity index (χ1v) is 37.6. The first kappa shape index (κ1) is 73.0. The molecule has 0 bridgehead atoms. The van der Waals surface area contributed by atoms with Gasteiger partial charge in [0.25, 0.3) is 20.0 Å². The van der Waals surface area contributed by atoms with Crippen LogP contribution in [0.4, 0.5) is 23.3 Å². The van der Waals surface area contributed by atoms with E-state index in [-0.39, 0.29) is 27.5 Å². The molecule has 14 rings (SSSR count). The van der Waals surface area contributed by atoms with Crippen molar-refractivity contribution in [1.82, 2.24) is 60.1 Å². The fourth-order valence-electron chi connectivity index (χ4n) is 11.5. The van der Waals surface area contributed by atoms with Crippen LogP contribution in [0.1, 0.15) is 37.7 Å². The van der Waals surface area contributed by atoms with Crippen molar-refractivity contribution in [3.8, 4) is 44.5 Å².